The van der Waals surface area contributed by atoms with Crippen molar-refractivity contribution >= 4 is 27.5 Å². The molecule has 0 radical (unpaired) electrons. The van der Waals surface area contributed by atoms with E-state index in [1.54, 1.807) is 6.07 Å². The van der Waals surface area contributed by atoms with Crippen LogP contribution in [0.15, 0.2) is 18.2 Å². The third-order valence-electron chi connectivity index (χ3n) is 2.43. The fourth-order valence-corrected chi connectivity index (χ4v) is 1.89. The van der Waals surface area contributed by atoms with Gasteiger partial charge < -0.3 is 0 Å². The molecule has 0 saturated heterocycles. The third kappa shape index (κ3) is 3.44. The molecule has 0 aliphatic carbocycles. The molecule has 1 nitrogen and oxygen atoms in total. The Morgan fingerprint density at radius 2 is 2.20 bits per heavy atom. The second-order valence-corrected chi connectivity index (χ2v) is 4.66. The third-order valence-corrected chi connectivity index (χ3v) is 3.79. The second-order valence-electron chi connectivity index (χ2n) is 3.63. The number of halogens is 3. The summed E-state index contributed by atoms with van der Waals surface area (Å²) in [4.78, 5) is 2.12. The van der Waals surface area contributed by atoms with Crippen molar-refractivity contribution in [3.8, 4) is 0 Å². The van der Waals surface area contributed by atoms with Crippen LogP contribution in [0.25, 0.3) is 0 Å². The molecule has 1 unspecified atom stereocenters. The Morgan fingerprint density at radius 1 is 1.53 bits per heavy atom. The van der Waals surface area contributed by atoms with Crippen LogP contribution in [0.4, 0.5) is 4.39 Å². The van der Waals surface area contributed by atoms with E-state index in [2.05, 4.69) is 27.8 Å². The molecule has 0 aliphatic heterocycles. The predicted molar refractivity (Wildman–Crippen MR) is 66.1 cm³/mol. The van der Waals surface area contributed by atoms with Gasteiger partial charge in [0.15, 0.2) is 0 Å². The van der Waals surface area contributed by atoms with E-state index in [9.17, 15) is 4.39 Å². The highest BCUT2D eigenvalue weighted by Gasteiger charge is 2.11. The zero-order chi connectivity index (χ0) is 11.4. The van der Waals surface area contributed by atoms with Gasteiger partial charge in [-0.3, -0.25) is 4.90 Å². The first kappa shape index (κ1) is 12.9. The number of hydrogen-bond donors (Lipinski definition) is 0. The summed E-state index contributed by atoms with van der Waals surface area (Å²) in [5, 5.41) is 1.11. The van der Waals surface area contributed by atoms with Crippen molar-refractivity contribution < 1.29 is 4.39 Å². The maximum Gasteiger partial charge on any atom is 0.142 e. The van der Waals surface area contributed by atoms with E-state index in [4.69, 9.17) is 11.6 Å². The Kier molecular flexibility index (Phi) is 5.03. The Morgan fingerprint density at radius 3 is 2.80 bits per heavy atom. The highest BCUT2D eigenvalue weighted by atomic mass is 79.9. The van der Waals surface area contributed by atoms with Crippen LogP contribution in [0.5, 0.6) is 0 Å². The smallest absolute Gasteiger partial charge is 0.142 e. The first-order chi connectivity index (χ1) is 7.06. The summed E-state index contributed by atoms with van der Waals surface area (Å²) in [5.74, 6) is -0.353. The first-order valence-electron chi connectivity index (χ1n) is 4.75. The zero-order valence-electron chi connectivity index (χ0n) is 8.80. The lowest BCUT2D eigenvalue weighted by molar-refractivity contribution is 0.270. The van der Waals surface area contributed by atoms with Crippen molar-refractivity contribution in [1.29, 1.82) is 0 Å². The van der Waals surface area contributed by atoms with Gasteiger partial charge in [0.2, 0.25) is 0 Å². The topological polar surface area (TPSA) is 3.24 Å². The maximum absolute atomic E-state index is 13.2. The summed E-state index contributed by atoms with van der Waals surface area (Å²) in [5.41, 5.74) is 0.826. The van der Waals surface area contributed by atoms with Gasteiger partial charge in [0.05, 0.1) is 5.02 Å². The highest BCUT2D eigenvalue weighted by molar-refractivity contribution is 9.09. The summed E-state index contributed by atoms with van der Waals surface area (Å²) in [6, 6.07) is 5.30. The van der Waals surface area contributed by atoms with Gasteiger partial charge in [-0.1, -0.05) is 39.7 Å². The maximum atomic E-state index is 13.2. The van der Waals surface area contributed by atoms with E-state index in [1.807, 2.05) is 13.1 Å². The van der Waals surface area contributed by atoms with Gasteiger partial charge in [-0.05, 0) is 25.6 Å². The fourth-order valence-electron chi connectivity index (χ4n) is 1.21. The van der Waals surface area contributed by atoms with Gasteiger partial charge in [0, 0.05) is 17.9 Å². The number of rotatable bonds is 4. The van der Waals surface area contributed by atoms with Crippen molar-refractivity contribution in [3.63, 3.8) is 0 Å². The molecule has 0 bridgehead atoms. The number of nitrogens with zero attached hydrogens (tertiary/aromatic N) is 1. The van der Waals surface area contributed by atoms with E-state index in [0.29, 0.717) is 12.6 Å². The quantitative estimate of drug-likeness (QED) is 0.766. The second kappa shape index (κ2) is 5.83. The molecule has 0 saturated carbocycles. The molecule has 84 valence electrons. The van der Waals surface area contributed by atoms with Gasteiger partial charge >= 0.3 is 0 Å². The van der Waals surface area contributed by atoms with Gasteiger partial charge in [-0.15, -0.1) is 0 Å². The van der Waals surface area contributed by atoms with Gasteiger partial charge in [-0.2, -0.15) is 0 Å². The predicted octanol–water partition coefficient (Wildman–Crippen LogP) is 3.69. The lowest BCUT2D eigenvalue weighted by atomic mass is 10.2. The summed E-state index contributed by atoms with van der Waals surface area (Å²) in [7, 11) is 1.99. The highest BCUT2D eigenvalue weighted by Crippen LogP contribution is 2.21. The molecule has 1 aromatic rings. The SMILES string of the molecule is CC(CBr)N(C)Cc1cccc(F)c1Cl. The van der Waals surface area contributed by atoms with Crippen molar-refractivity contribution in [3.05, 3.63) is 34.6 Å². The van der Waals surface area contributed by atoms with Crippen LogP contribution in [0.1, 0.15) is 12.5 Å². The van der Waals surface area contributed by atoms with Crippen molar-refractivity contribution in [2.75, 3.05) is 12.4 Å². The molecule has 1 rings (SSSR count). The van der Waals surface area contributed by atoms with Crippen LogP contribution in [-0.2, 0) is 6.54 Å². The fraction of sp³-hybridized carbons (Fsp3) is 0.455. The normalized spacial score (nSPS) is 13.2. The minimum Gasteiger partial charge on any atom is -0.299 e. The monoisotopic (exact) mass is 293 g/mol. The van der Waals surface area contributed by atoms with E-state index < -0.39 is 0 Å². The summed E-state index contributed by atoms with van der Waals surface area (Å²) in [6.45, 7) is 2.76. The number of alkyl halides is 1. The molecule has 0 amide bonds. The van der Waals surface area contributed by atoms with Crippen molar-refractivity contribution in [2.45, 2.75) is 19.5 Å². The minimum absolute atomic E-state index is 0.228. The lowest BCUT2D eigenvalue weighted by Gasteiger charge is -2.23. The van der Waals surface area contributed by atoms with Crippen molar-refractivity contribution in [1.82, 2.24) is 4.90 Å². The van der Waals surface area contributed by atoms with Crippen LogP contribution < -0.4 is 0 Å². The molecule has 1 atom stereocenters. The molecule has 0 spiro atoms. The van der Waals surface area contributed by atoms with Gasteiger partial charge in [-0.25, -0.2) is 4.39 Å². The molecule has 0 heterocycles. The Balaban J connectivity index is 2.76. The zero-order valence-corrected chi connectivity index (χ0v) is 11.1. The molecule has 15 heavy (non-hydrogen) atoms. The average molecular weight is 295 g/mol. The van der Waals surface area contributed by atoms with E-state index in [0.717, 1.165) is 10.9 Å². The molecule has 0 aromatic heterocycles. The van der Waals surface area contributed by atoms with E-state index >= 15 is 0 Å². The molecule has 0 aliphatic rings. The largest absolute Gasteiger partial charge is 0.299 e. The average Bonchev–Trinajstić information content (AvgIpc) is 2.23. The summed E-state index contributed by atoms with van der Waals surface area (Å²) >= 11 is 9.28. The van der Waals surface area contributed by atoms with Crippen LogP contribution in [0.3, 0.4) is 0 Å². The van der Waals surface area contributed by atoms with Gasteiger partial charge in [0.25, 0.3) is 0 Å². The Hall–Kier alpha value is -0.120. The Labute approximate surface area is 103 Å². The lowest BCUT2D eigenvalue weighted by Crippen LogP contribution is -2.29. The molecular formula is C11H14BrClFN. The summed E-state index contributed by atoms with van der Waals surface area (Å²) < 4.78 is 13.2. The van der Waals surface area contributed by atoms with Gasteiger partial charge in [0.1, 0.15) is 5.82 Å². The molecular weight excluding hydrogens is 280 g/mol. The molecule has 4 heteroatoms. The first-order valence-corrected chi connectivity index (χ1v) is 6.25. The van der Waals surface area contributed by atoms with Crippen LogP contribution in [-0.4, -0.2) is 23.3 Å². The minimum atomic E-state index is -0.353. The molecule has 1 aromatic carbocycles. The molecule has 0 fully saturated rings. The number of benzene rings is 1. The van der Waals surface area contributed by atoms with Crippen LogP contribution in [0, 0.1) is 5.82 Å². The van der Waals surface area contributed by atoms with Crippen LogP contribution in [0.2, 0.25) is 5.02 Å². The summed E-state index contributed by atoms with van der Waals surface area (Å²) in [6.07, 6.45) is 0. The standard InChI is InChI=1S/C11H14BrClFN/c1-8(6-12)15(2)7-9-4-3-5-10(14)11(9)13/h3-5,8H,6-7H2,1-2H3. The molecule has 0 N–H and O–H groups in total. The van der Waals surface area contributed by atoms with E-state index in [-0.39, 0.29) is 10.8 Å². The Bertz CT molecular complexity index is 332. The van der Waals surface area contributed by atoms with Crippen LogP contribution >= 0.6 is 27.5 Å². The van der Waals surface area contributed by atoms with E-state index in [1.165, 1.54) is 6.07 Å². The number of hydrogen-bond acceptors (Lipinski definition) is 1. The van der Waals surface area contributed by atoms with Crippen molar-refractivity contribution in [2.24, 2.45) is 0 Å².